The van der Waals surface area contributed by atoms with Crippen molar-refractivity contribution < 1.29 is 0 Å². The molecular weight excluding hydrogens is 326 g/mol. The quantitative estimate of drug-likeness (QED) is 0.735. The van der Waals surface area contributed by atoms with Crippen LogP contribution in [0.15, 0.2) is 42.9 Å². The summed E-state index contributed by atoms with van der Waals surface area (Å²) in [7, 11) is 0. The van der Waals surface area contributed by atoms with Gasteiger partial charge in [0, 0.05) is 24.7 Å². The number of aryl methyl sites for hydroxylation is 1. The molecule has 4 rings (SSSR count). The fourth-order valence-corrected chi connectivity index (χ4v) is 3.49. The standard InChI is InChI=1S/C19H23N7/c1-14-23-15(12-18(24-14)25-17-7-2-4-8-20-17)16-6-3-5-11-26(16)13-19-21-9-10-22-19/h2,4,7-10,12,16H,3,5-6,11,13H2,1H3,(H,21,22)(H,20,23,24,25)/t16-/m1/s1. The Balaban J connectivity index is 1.58. The second-order valence-electron chi connectivity index (χ2n) is 6.58. The van der Waals surface area contributed by atoms with Crippen LogP contribution in [0.3, 0.4) is 0 Å². The first-order valence-corrected chi connectivity index (χ1v) is 9.04. The van der Waals surface area contributed by atoms with Crippen LogP contribution >= 0.6 is 0 Å². The van der Waals surface area contributed by atoms with Crippen LogP contribution in [0, 0.1) is 6.92 Å². The molecule has 0 spiro atoms. The zero-order valence-corrected chi connectivity index (χ0v) is 14.9. The van der Waals surface area contributed by atoms with Crippen molar-refractivity contribution in [3.8, 4) is 0 Å². The molecular formula is C19H23N7. The van der Waals surface area contributed by atoms with E-state index in [2.05, 4.69) is 30.2 Å². The number of anilines is 2. The molecule has 0 aromatic carbocycles. The number of nitrogens with zero attached hydrogens (tertiary/aromatic N) is 5. The molecule has 26 heavy (non-hydrogen) atoms. The molecule has 4 heterocycles. The third-order valence-corrected chi connectivity index (χ3v) is 4.64. The highest BCUT2D eigenvalue weighted by Crippen LogP contribution is 2.32. The Morgan fingerprint density at radius 1 is 1.15 bits per heavy atom. The van der Waals surface area contributed by atoms with E-state index < -0.39 is 0 Å². The first kappa shape index (κ1) is 16.7. The number of rotatable bonds is 5. The van der Waals surface area contributed by atoms with Gasteiger partial charge < -0.3 is 10.3 Å². The van der Waals surface area contributed by atoms with Gasteiger partial charge in [0.15, 0.2) is 0 Å². The lowest BCUT2D eigenvalue weighted by Crippen LogP contribution is -2.34. The number of aromatic amines is 1. The molecule has 1 aliphatic heterocycles. The summed E-state index contributed by atoms with van der Waals surface area (Å²) >= 11 is 0. The Kier molecular flexibility index (Phi) is 4.88. The minimum atomic E-state index is 0.278. The summed E-state index contributed by atoms with van der Waals surface area (Å²) in [6.07, 6.45) is 8.96. The molecule has 0 unspecified atom stereocenters. The number of H-pyrrole nitrogens is 1. The molecule has 0 bridgehead atoms. The van der Waals surface area contributed by atoms with E-state index in [1.807, 2.05) is 37.4 Å². The van der Waals surface area contributed by atoms with Crippen molar-refractivity contribution in [2.24, 2.45) is 0 Å². The molecule has 0 radical (unpaired) electrons. The zero-order chi connectivity index (χ0) is 17.8. The lowest BCUT2D eigenvalue weighted by Gasteiger charge is -2.34. The number of nitrogens with one attached hydrogen (secondary N) is 2. The molecule has 1 aliphatic rings. The molecule has 7 heteroatoms. The number of imidazole rings is 1. The highest BCUT2D eigenvalue weighted by molar-refractivity contribution is 5.51. The summed E-state index contributed by atoms with van der Waals surface area (Å²) in [5.41, 5.74) is 1.06. The van der Waals surface area contributed by atoms with Crippen LogP contribution in [-0.4, -0.2) is 36.4 Å². The van der Waals surface area contributed by atoms with Gasteiger partial charge in [-0.15, -0.1) is 0 Å². The average molecular weight is 349 g/mol. The zero-order valence-electron chi connectivity index (χ0n) is 14.9. The predicted molar refractivity (Wildman–Crippen MR) is 99.9 cm³/mol. The molecule has 0 amide bonds. The first-order chi connectivity index (χ1) is 12.8. The van der Waals surface area contributed by atoms with E-state index in [4.69, 9.17) is 4.98 Å². The van der Waals surface area contributed by atoms with Gasteiger partial charge in [0.1, 0.15) is 23.3 Å². The van der Waals surface area contributed by atoms with Gasteiger partial charge in [0.05, 0.1) is 18.3 Å². The van der Waals surface area contributed by atoms with E-state index in [1.54, 1.807) is 12.4 Å². The Bertz CT molecular complexity index is 832. The molecule has 3 aromatic heterocycles. The fourth-order valence-electron chi connectivity index (χ4n) is 3.49. The minimum absolute atomic E-state index is 0.278. The van der Waals surface area contributed by atoms with Crippen LogP contribution < -0.4 is 5.32 Å². The molecule has 1 saturated heterocycles. The van der Waals surface area contributed by atoms with E-state index in [9.17, 15) is 0 Å². The van der Waals surface area contributed by atoms with Gasteiger partial charge in [-0.1, -0.05) is 12.5 Å². The molecule has 134 valence electrons. The van der Waals surface area contributed by atoms with Crippen LogP contribution in [-0.2, 0) is 6.54 Å². The highest BCUT2D eigenvalue weighted by Gasteiger charge is 2.26. The molecule has 1 fully saturated rings. The van der Waals surface area contributed by atoms with Gasteiger partial charge in [0.25, 0.3) is 0 Å². The van der Waals surface area contributed by atoms with Gasteiger partial charge in [-0.05, 0) is 38.4 Å². The summed E-state index contributed by atoms with van der Waals surface area (Å²) in [6.45, 7) is 3.80. The van der Waals surface area contributed by atoms with E-state index in [0.717, 1.165) is 48.5 Å². The highest BCUT2D eigenvalue weighted by atomic mass is 15.2. The van der Waals surface area contributed by atoms with Gasteiger partial charge in [0.2, 0.25) is 0 Å². The van der Waals surface area contributed by atoms with Crippen molar-refractivity contribution in [2.75, 3.05) is 11.9 Å². The first-order valence-electron chi connectivity index (χ1n) is 9.04. The summed E-state index contributed by atoms with van der Waals surface area (Å²) in [4.78, 5) is 23.6. The van der Waals surface area contributed by atoms with Crippen molar-refractivity contribution >= 4 is 11.6 Å². The number of hydrogen-bond donors (Lipinski definition) is 2. The van der Waals surface area contributed by atoms with E-state index in [-0.39, 0.29) is 6.04 Å². The SMILES string of the molecule is Cc1nc(Nc2ccccn2)cc([C@H]2CCCCN2Cc2ncc[nH]2)n1. The lowest BCUT2D eigenvalue weighted by molar-refractivity contribution is 0.134. The van der Waals surface area contributed by atoms with Crippen LogP contribution in [0.4, 0.5) is 11.6 Å². The summed E-state index contributed by atoms with van der Waals surface area (Å²) in [5.74, 6) is 3.33. The molecule has 0 aliphatic carbocycles. The number of pyridine rings is 1. The number of hydrogen-bond acceptors (Lipinski definition) is 6. The van der Waals surface area contributed by atoms with E-state index in [1.165, 1.54) is 12.8 Å². The van der Waals surface area contributed by atoms with Gasteiger partial charge in [-0.2, -0.15) is 0 Å². The van der Waals surface area contributed by atoms with Crippen molar-refractivity contribution in [3.63, 3.8) is 0 Å². The monoisotopic (exact) mass is 349 g/mol. The lowest BCUT2D eigenvalue weighted by atomic mass is 9.99. The Morgan fingerprint density at radius 3 is 2.92 bits per heavy atom. The maximum absolute atomic E-state index is 4.73. The number of likely N-dealkylation sites (tertiary alicyclic amines) is 1. The van der Waals surface area contributed by atoms with Crippen LogP contribution in [0.2, 0.25) is 0 Å². The molecule has 0 saturated carbocycles. The molecule has 2 N–H and O–H groups in total. The Hall–Kier alpha value is -2.80. The second kappa shape index (κ2) is 7.61. The van der Waals surface area contributed by atoms with Crippen molar-refractivity contribution in [1.29, 1.82) is 0 Å². The normalized spacial score (nSPS) is 18.0. The number of piperidine rings is 1. The Labute approximate surface area is 152 Å². The summed E-state index contributed by atoms with van der Waals surface area (Å²) in [6, 6.07) is 8.11. The predicted octanol–water partition coefficient (Wildman–Crippen LogP) is 3.37. The largest absolute Gasteiger partial charge is 0.348 e. The van der Waals surface area contributed by atoms with Gasteiger partial charge >= 0.3 is 0 Å². The van der Waals surface area contributed by atoms with Gasteiger partial charge in [-0.25, -0.2) is 19.9 Å². The second-order valence-corrected chi connectivity index (χ2v) is 6.58. The number of aromatic nitrogens is 5. The van der Waals surface area contributed by atoms with Crippen LogP contribution in [0.25, 0.3) is 0 Å². The fraction of sp³-hybridized carbons (Fsp3) is 0.368. The van der Waals surface area contributed by atoms with Crippen molar-refractivity contribution in [1.82, 2.24) is 29.8 Å². The van der Waals surface area contributed by atoms with E-state index in [0.29, 0.717) is 0 Å². The third kappa shape index (κ3) is 3.88. The Morgan fingerprint density at radius 2 is 2.12 bits per heavy atom. The summed E-state index contributed by atoms with van der Waals surface area (Å²) in [5, 5.41) is 3.29. The van der Waals surface area contributed by atoms with Gasteiger partial charge in [-0.3, -0.25) is 4.90 Å². The topological polar surface area (TPSA) is 82.6 Å². The molecule has 1 atom stereocenters. The minimum Gasteiger partial charge on any atom is -0.348 e. The summed E-state index contributed by atoms with van der Waals surface area (Å²) < 4.78 is 0. The van der Waals surface area contributed by atoms with E-state index >= 15 is 0 Å². The molecule has 7 nitrogen and oxygen atoms in total. The maximum atomic E-state index is 4.73. The van der Waals surface area contributed by atoms with Crippen molar-refractivity contribution in [3.05, 3.63) is 60.2 Å². The van der Waals surface area contributed by atoms with Crippen LogP contribution in [0.5, 0.6) is 0 Å². The smallest absolute Gasteiger partial charge is 0.135 e. The average Bonchev–Trinajstić information content (AvgIpc) is 3.16. The van der Waals surface area contributed by atoms with Crippen molar-refractivity contribution in [2.45, 2.75) is 38.8 Å². The van der Waals surface area contributed by atoms with Crippen LogP contribution in [0.1, 0.15) is 42.6 Å². The maximum Gasteiger partial charge on any atom is 0.135 e. The molecule has 3 aromatic rings. The third-order valence-electron chi connectivity index (χ3n) is 4.64.